The Morgan fingerprint density at radius 1 is 1.06 bits per heavy atom. The Bertz CT molecular complexity index is 1440. The maximum atomic E-state index is 13.1. The van der Waals surface area contributed by atoms with Crippen molar-refractivity contribution < 1.29 is 13.9 Å². The second-order valence-electron chi connectivity index (χ2n) is 9.55. The fourth-order valence-corrected chi connectivity index (χ4v) is 5.51. The number of furan rings is 1. The van der Waals surface area contributed by atoms with E-state index in [0.717, 1.165) is 46.0 Å². The van der Waals surface area contributed by atoms with Crippen molar-refractivity contribution >= 4 is 28.4 Å². The van der Waals surface area contributed by atoms with E-state index in [4.69, 9.17) is 9.15 Å². The topological polar surface area (TPSA) is 88.7 Å². The Morgan fingerprint density at radius 2 is 1.89 bits per heavy atom. The number of piperidine rings is 1. The standard InChI is InChI=1S/C28H28N4O4/c1-35-22-8-6-21(7-9-22)30-28(34)31-15-18-12-20(17-31)27-24(10-11-26(33)32(27)16-18)29-14-23-13-19-4-2-3-5-25(19)36-23/h2-11,13,18,20,29H,12,14-17H2,1H3,(H,30,34)/t18-,20+/m0/s1. The van der Waals surface area contributed by atoms with E-state index in [1.165, 1.54) is 0 Å². The van der Waals surface area contributed by atoms with Gasteiger partial charge in [-0.3, -0.25) is 4.79 Å². The van der Waals surface area contributed by atoms with Crippen molar-refractivity contribution in [3.05, 3.63) is 88.5 Å². The van der Waals surface area contributed by atoms with E-state index >= 15 is 0 Å². The van der Waals surface area contributed by atoms with Crippen LogP contribution in [0.2, 0.25) is 0 Å². The normalized spacial score (nSPS) is 18.5. The van der Waals surface area contributed by atoms with Crippen LogP contribution in [0, 0.1) is 5.92 Å². The number of amides is 2. The first-order chi connectivity index (χ1) is 17.6. The van der Waals surface area contributed by atoms with E-state index < -0.39 is 0 Å². The van der Waals surface area contributed by atoms with Gasteiger partial charge in [-0.2, -0.15) is 0 Å². The van der Waals surface area contributed by atoms with Crippen molar-refractivity contribution in [2.45, 2.75) is 25.4 Å². The predicted molar refractivity (Wildman–Crippen MR) is 139 cm³/mol. The number of urea groups is 1. The SMILES string of the molecule is COc1ccc(NC(=O)N2C[C@@H]3C[C@H](C2)c2c(NCc4cc5ccccc5o4)ccc(=O)n2C3)cc1. The zero-order valence-corrected chi connectivity index (χ0v) is 20.1. The summed E-state index contributed by atoms with van der Waals surface area (Å²) in [6, 6.07) is 20.6. The molecular weight excluding hydrogens is 456 g/mol. The Kier molecular flexibility index (Phi) is 5.64. The lowest BCUT2D eigenvalue weighted by Gasteiger charge is -2.43. The molecular formula is C28H28N4O4. The number of methoxy groups -OCH3 is 1. The zero-order valence-electron chi connectivity index (χ0n) is 20.1. The minimum absolute atomic E-state index is 0.00474. The average molecular weight is 485 g/mol. The second-order valence-corrected chi connectivity index (χ2v) is 9.55. The number of likely N-dealkylation sites (tertiary alicyclic amines) is 1. The molecule has 2 amide bonds. The van der Waals surface area contributed by atoms with Crippen LogP contribution >= 0.6 is 0 Å². The molecule has 0 saturated carbocycles. The zero-order chi connectivity index (χ0) is 24.6. The van der Waals surface area contributed by atoms with Crippen molar-refractivity contribution in [3.8, 4) is 5.75 Å². The molecule has 2 bridgehead atoms. The Labute approximate surface area is 208 Å². The van der Waals surface area contributed by atoms with E-state index in [1.54, 1.807) is 13.2 Å². The van der Waals surface area contributed by atoms with Gasteiger partial charge in [0.1, 0.15) is 17.1 Å². The van der Waals surface area contributed by atoms with Crippen LogP contribution in [-0.2, 0) is 13.1 Å². The molecule has 0 radical (unpaired) electrons. The lowest BCUT2D eigenvalue weighted by Crippen LogP contribution is -2.50. The maximum absolute atomic E-state index is 13.1. The van der Waals surface area contributed by atoms with E-state index in [9.17, 15) is 9.59 Å². The van der Waals surface area contributed by atoms with Gasteiger partial charge in [0, 0.05) is 48.4 Å². The number of nitrogens with one attached hydrogen (secondary N) is 2. The fourth-order valence-electron chi connectivity index (χ4n) is 5.51. The van der Waals surface area contributed by atoms with E-state index in [2.05, 4.69) is 10.6 Å². The minimum Gasteiger partial charge on any atom is -0.497 e. The molecule has 2 aliphatic heterocycles. The van der Waals surface area contributed by atoms with E-state index in [1.807, 2.05) is 70.1 Å². The number of anilines is 2. The third kappa shape index (κ3) is 4.19. The summed E-state index contributed by atoms with van der Waals surface area (Å²) in [5.74, 6) is 1.89. The first-order valence-electron chi connectivity index (χ1n) is 12.2. The van der Waals surface area contributed by atoms with Crippen molar-refractivity contribution in [1.29, 1.82) is 0 Å². The van der Waals surface area contributed by atoms with E-state index in [0.29, 0.717) is 26.2 Å². The van der Waals surface area contributed by atoms with Gasteiger partial charge in [0.15, 0.2) is 0 Å². The lowest BCUT2D eigenvalue weighted by molar-refractivity contribution is 0.140. The molecule has 1 saturated heterocycles. The highest BCUT2D eigenvalue weighted by atomic mass is 16.5. The lowest BCUT2D eigenvalue weighted by atomic mass is 9.82. The number of aromatic nitrogens is 1. The highest BCUT2D eigenvalue weighted by Gasteiger charge is 2.37. The molecule has 8 nitrogen and oxygen atoms in total. The second kappa shape index (κ2) is 9.11. The van der Waals surface area contributed by atoms with Crippen LogP contribution in [0.5, 0.6) is 5.75 Å². The molecule has 36 heavy (non-hydrogen) atoms. The quantitative estimate of drug-likeness (QED) is 0.422. The summed E-state index contributed by atoms with van der Waals surface area (Å²) < 4.78 is 13.0. The summed E-state index contributed by atoms with van der Waals surface area (Å²) >= 11 is 0. The van der Waals surface area contributed by atoms with Crippen LogP contribution in [0.3, 0.4) is 0 Å². The van der Waals surface area contributed by atoms with Gasteiger partial charge < -0.3 is 29.3 Å². The summed E-state index contributed by atoms with van der Waals surface area (Å²) in [5, 5.41) is 7.55. The van der Waals surface area contributed by atoms with Crippen molar-refractivity contribution in [2.75, 3.05) is 30.8 Å². The molecule has 184 valence electrons. The third-order valence-electron chi connectivity index (χ3n) is 7.15. The van der Waals surface area contributed by atoms with Crippen molar-refractivity contribution in [1.82, 2.24) is 9.47 Å². The van der Waals surface area contributed by atoms with Gasteiger partial charge in [-0.15, -0.1) is 0 Å². The predicted octanol–water partition coefficient (Wildman–Crippen LogP) is 4.87. The molecule has 6 rings (SSSR count). The first kappa shape index (κ1) is 22.3. The van der Waals surface area contributed by atoms with Crippen LogP contribution in [0.15, 0.2) is 75.9 Å². The summed E-state index contributed by atoms with van der Waals surface area (Å²) in [5.41, 5.74) is 3.47. The van der Waals surface area contributed by atoms with Gasteiger partial charge in [0.05, 0.1) is 19.3 Å². The summed E-state index contributed by atoms with van der Waals surface area (Å²) in [7, 11) is 1.61. The number of pyridine rings is 1. The highest BCUT2D eigenvalue weighted by Crippen LogP contribution is 2.39. The molecule has 2 aliphatic rings. The number of benzene rings is 2. The summed E-state index contributed by atoms with van der Waals surface area (Å²) in [6.45, 7) is 2.30. The average Bonchev–Trinajstić information content (AvgIpc) is 3.32. The number of ether oxygens (including phenoxy) is 1. The number of carbonyl (C=O) groups excluding carboxylic acids is 1. The molecule has 0 unspecified atom stereocenters. The van der Waals surface area contributed by atoms with Crippen LogP contribution < -0.4 is 20.9 Å². The van der Waals surface area contributed by atoms with Gasteiger partial charge in [0.2, 0.25) is 0 Å². The Balaban J connectivity index is 1.21. The summed E-state index contributed by atoms with van der Waals surface area (Å²) in [4.78, 5) is 27.7. The minimum atomic E-state index is -0.127. The Morgan fingerprint density at radius 3 is 2.69 bits per heavy atom. The molecule has 2 aromatic carbocycles. The third-order valence-corrected chi connectivity index (χ3v) is 7.15. The fraction of sp³-hybridized carbons (Fsp3) is 0.286. The van der Waals surface area contributed by atoms with Gasteiger partial charge >= 0.3 is 6.03 Å². The van der Waals surface area contributed by atoms with Crippen molar-refractivity contribution in [2.24, 2.45) is 5.92 Å². The highest BCUT2D eigenvalue weighted by molar-refractivity contribution is 5.89. The summed E-state index contributed by atoms with van der Waals surface area (Å²) in [6.07, 6.45) is 0.953. The molecule has 0 aliphatic carbocycles. The molecule has 4 aromatic rings. The number of rotatable bonds is 5. The molecule has 2 atom stereocenters. The first-order valence-corrected chi connectivity index (χ1v) is 12.2. The number of carbonyl (C=O) groups is 1. The van der Waals surface area contributed by atoms with Crippen LogP contribution in [0.4, 0.5) is 16.2 Å². The van der Waals surface area contributed by atoms with Crippen LogP contribution in [-0.4, -0.2) is 35.7 Å². The van der Waals surface area contributed by atoms with Gasteiger partial charge in [-0.05, 0) is 54.8 Å². The number of fused-ring (bicyclic) bond motifs is 5. The van der Waals surface area contributed by atoms with Crippen LogP contribution in [0.25, 0.3) is 11.0 Å². The molecule has 2 aromatic heterocycles. The van der Waals surface area contributed by atoms with Crippen LogP contribution in [0.1, 0.15) is 23.8 Å². The molecule has 8 heteroatoms. The van der Waals surface area contributed by atoms with Gasteiger partial charge in [-0.25, -0.2) is 4.79 Å². The molecule has 0 spiro atoms. The molecule has 1 fully saturated rings. The number of hydrogen-bond acceptors (Lipinski definition) is 5. The van der Waals surface area contributed by atoms with Crippen molar-refractivity contribution in [3.63, 3.8) is 0 Å². The molecule has 2 N–H and O–H groups in total. The largest absolute Gasteiger partial charge is 0.497 e. The maximum Gasteiger partial charge on any atom is 0.321 e. The van der Waals surface area contributed by atoms with E-state index in [-0.39, 0.29) is 23.4 Å². The number of nitrogens with zero attached hydrogens (tertiary/aromatic N) is 2. The monoisotopic (exact) mass is 484 g/mol. The Hall–Kier alpha value is -4.20. The smallest absolute Gasteiger partial charge is 0.321 e. The molecule has 4 heterocycles. The number of para-hydroxylation sites is 1. The number of hydrogen-bond donors (Lipinski definition) is 2. The van der Waals surface area contributed by atoms with Gasteiger partial charge in [-0.1, -0.05) is 18.2 Å². The van der Waals surface area contributed by atoms with Gasteiger partial charge in [0.25, 0.3) is 5.56 Å².